The fraction of sp³-hybridized carbons (Fsp3) is 0.917. The Morgan fingerprint density at radius 2 is 1.78 bits per heavy atom. The molecule has 4 nitrogen and oxygen atoms in total. The van der Waals surface area contributed by atoms with E-state index in [1.807, 2.05) is 0 Å². The van der Waals surface area contributed by atoms with E-state index in [1.165, 1.54) is 23.0 Å². The van der Waals surface area contributed by atoms with Crippen LogP contribution in [0.25, 0.3) is 0 Å². The van der Waals surface area contributed by atoms with Gasteiger partial charge < -0.3 is 5.32 Å². The number of carbonyl (C=O) groups excluding carboxylic acids is 1. The number of fused-ring (bicyclic) bond motifs is 1. The third-order valence-corrected chi connectivity index (χ3v) is 6.52. The fourth-order valence-electron chi connectivity index (χ4n) is 2.95. The molecule has 3 aliphatic heterocycles. The first-order valence-electron chi connectivity index (χ1n) is 6.76. The van der Waals surface area contributed by atoms with Crippen molar-refractivity contribution in [1.29, 1.82) is 0 Å². The highest BCUT2D eigenvalue weighted by Gasteiger charge is 2.36. The Morgan fingerprint density at radius 3 is 2.56 bits per heavy atom. The van der Waals surface area contributed by atoms with E-state index < -0.39 is 0 Å². The summed E-state index contributed by atoms with van der Waals surface area (Å²) in [5, 5.41) is 3.00. The molecule has 0 aromatic carbocycles. The van der Waals surface area contributed by atoms with Gasteiger partial charge in [-0.15, -0.1) is 0 Å². The van der Waals surface area contributed by atoms with Gasteiger partial charge in [0.15, 0.2) is 0 Å². The lowest BCUT2D eigenvalue weighted by atomic mass is 10.1. The first-order chi connectivity index (χ1) is 8.84. The standard InChI is InChI=1S/C12H21N3OS2/c16-12-11-7-15(4-3-14(11)2-1-13-12)10-8-17-5-6-18-9-10/h10-11H,1-9H2,(H,13,16)/t11-/m0/s1. The molecule has 0 radical (unpaired) electrons. The molecular formula is C12H21N3OS2. The van der Waals surface area contributed by atoms with Crippen molar-refractivity contribution in [3.8, 4) is 0 Å². The zero-order chi connectivity index (χ0) is 12.4. The maximum Gasteiger partial charge on any atom is 0.238 e. The van der Waals surface area contributed by atoms with Crippen LogP contribution in [0.2, 0.25) is 0 Å². The lowest BCUT2D eigenvalue weighted by Crippen LogP contribution is -2.65. The molecule has 0 spiro atoms. The van der Waals surface area contributed by atoms with Gasteiger partial charge in [0.1, 0.15) is 6.04 Å². The van der Waals surface area contributed by atoms with Gasteiger partial charge in [0.25, 0.3) is 0 Å². The van der Waals surface area contributed by atoms with Crippen molar-refractivity contribution in [1.82, 2.24) is 15.1 Å². The van der Waals surface area contributed by atoms with Gasteiger partial charge in [-0.2, -0.15) is 23.5 Å². The van der Waals surface area contributed by atoms with Crippen LogP contribution in [0.4, 0.5) is 0 Å². The van der Waals surface area contributed by atoms with E-state index in [9.17, 15) is 4.79 Å². The van der Waals surface area contributed by atoms with Crippen LogP contribution in [0.15, 0.2) is 0 Å². The van der Waals surface area contributed by atoms with Crippen LogP contribution >= 0.6 is 23.5 Å². The van der Waals surface area contributed by atoms with Crippen molar-refractivity contribution < 1.29 is 4.79 Å². The molecule has 3 saturated heterocycles. The van der Waals surface area contributed by atoms with Crippen molar-refractivity contribution in [2.75, 3.05) is 55.7 Å². The number of nitrogens with one attached hydrogen (secondary N) is 1. The van der Waals surface area contributed by atoms with Crippen molar-refractivity contribution in [2.45, 2.75) is 12.1 Å². The molecule has 0 aliphatic carbocycles. The van der Waals surface area contributed by atoms with Gasteiger partial charge in [-0.05, 0) is 0 Å². The Balaban J connectivity index is 1.62. The van der Waals surface area contributed by atoms with Gasteiger partial charge in [-0.1, -0.05) is 0 Å². The van der Waals surface area contributed by atoms with Crippen molar-refractivity contribution in [3.63, 3.8) is 0 Å². The molecule has 3 rings (SSSR count). The van der Waals surface area contributed by atoms with E-state index in [1.54, 1.807) is 0 Å². The second-order valence-electron chi connectivity index (χ2n) is 5.14. The summed E-state index contributed by atoms with van der Waals surface area (Å²) in [4.78, 5) is 16.8. The first kappa shape index (κ1) is 13.1. The molecule has 6 heteroatoms. The van der Waals surface area contributed by atoms with Crippen LogP contribution in [0, 0.1) is 0 Å². The normalized spacial score (nSPS) is 32.7. The smallest absolute Gasteiger partial charge is 0.238 e. The van der Waals surface area contributed by atoms with E-state index in [2.05, 4.69) is 38.6 Å². The highest BCUT2D eigenvalue weighted by Crippen LogP contribution is 2.23. The summed E-state index contributed by atoms with van der Waals surface area (Å²) in [5.74, 6) is 5.28. The summed E-state index contributed by atoms with van der Waals surface area (Å²) < 4.78 is 0. The SMILES string of the molecule is O=C1NCCN2CCN(C3CSCCSC3)C[C@@H]12. The Labute approximate surface area is 117 Å². The van der Waals surface area contributed by atoms with Gasteiger partial charge in [-0.3, -0.25) is 14.6 Å². The quantitative estimate of drug-likeness (QED) is 0.732. The fourth-order valence-corrected chi connectivity index (χ4v) is 5.57. The largest absolute Gasteiger partial charge is 0.353 e. The van der Waals surface area contributed by atoms with Crippen molar-refractivity contribution in [3.05, 3.63) is 0 Å². The predicted molar refractivity (Wildman–Crippen MR) is 78.4 cm³/mol. The van der Waals surface area contributed by atoms with E-state index in [0.29, 0.717) is 6.04 Å². The molecular weight excluding hydrogens is 266 g/mol. The number of amides is 1. The Hall–Kier alpha value is 0.0900. The summed E-state index contributed by atoms with van der Waals surface area (Å²) in [5.41, 5.74) is 0. The number of piperazine rings is 2. The third-order valence-electron chi connectivity index (χ3n) is 4.03. The summed E-state index contributed by atoms with van der Waals surface area (Å²) in [7, 11) is 0. The summed E-state index contributed by atoms with van der Waals surface area (Å²) in [6, 6.07) is 0.769. The Morgan fingerprint density at radius 1 is 1.06 bits per heavy atom. The number of hydrogen-bond donors (Lipinski definition) is 1. The Bertz CT molecular complexity index is 308. The highest BCUT2D eigenvalue weighted by atomic mass is 32.2. The van der Waals surface area contributed by atoms with Crippen LogP contribution in [0.3, 0.4) is 0 Å². The Kier molecular flexibility index (Phi) is 4.38. The van der Waals surface area contributed by atoms with Gasteiger partial charge in [-0.25, -0.2) is 0 Å². The predicted octanol–water partition coefficient (Wildman–Crippen LogP) is -0.0490. The molecule has 0 saturated carbocycles. The van der Waals surface area contributed by atoms with Crippen molar-refractivity contribution >= 4 is 29.4 Å². The van der Waals surface area contributed by atoms with Gasteiger partial charge >= 0.3 is 0 Å². The monoisotopic (exact) mass is 287 g/mol. The minimum Gasteiger partial charge on any atom is -0.353 e. The molecule has 1 atom stereocenters. The molecule has 3 aliphatic rings. The zero-order valence-corrected chi connectivity index (χ0v) is 12.3. The van der Waals surface area contributed by atoms with E-state index in [0.717, 1.165) is 32.7 Å². The number of rotatable bonds is 1. The second-order valence-corrected chi connectivity index (χ2v) is 7.44. The zero-order valence-electron chi connectivity index (χ0n) is 10.6. The van der Waals surface area contributed by atoms with Crippen LogP contribution < -0.4 is 5.32 Å². The van der Waals surface area contributed by atoms with Crippen LogP contribution in [0.1, 0.15) is 0 Å². The summed E-state index contributed by atoms with van der Waals surface area (Å²) in [6.07, 6.45) is 0. The average molecular weight is 287 g/mol. The molecule has 0 aromatic rings. The minimum atomic E-state index is 0.103. The molecule has 1 amide bonds. The van der Waals surface area contributed by atoms with Crippen LogP contribution in [-0.2, 0) is 4.79 Å². The topological polar surface area (TPSA) is 35.6 Å². The van der Waals surface area contributed by atoms with Crippen LogP contribution in [-0.4, -0.2) is 83.5 Å². The van der Waals surface area contributed by atoms with Gasteiger partial charge in [0.05, 0.1) is 0 Å². The molecule has 3 fully saturated rings. The molecule has 102 valence electrons. The maximum atomic E-state index is 11.9. The molecule has 18 heavy (non-hydrogen) atoms. The van der Waals surface area contributed by atoms with E-state index in [-0.39, 0.29) is 11.9 Å². The molecule has 1 N–H and O–H groups in total. The number of hydrogen-bond acceptors (Lipinski definition) is 5. The highest BCUT2D eigenvalue weighted by molar-refractivity contribution is 8.03. The van der Waals surface area contributed by atoms with E-state index in [4.69, 9.17) is 0 Å². The summed E-state index contributed by atoms with van der Waals surface area (Å²) in [6.45, 7) is 4.97. The minimum absolute atomic E-state index is 0.103. The van der Waals surface area contributed by atoms with Crippen LogP contribution in [0.5, 0.6) is 0 Å². The van der Waals surface area contributed by atoms with E-state index >= 15 is 0 Å². The molecule has 0 aromatic heterocycles. The molecule has 3 heterocycles. The average Bonchev–Trinajstić information content (AvgIpc) is 2.68. The van der Waals surface area contributed by atoms with Gasteiger partial charge in [0, 0.05) is 61.8 Å². The van der Waals surface area contributed by atoms with Gasteiger partial charge in [0.2, 0.25) is 5.91 Å². The third kappa shape index (κ3) is 2.81. The number of carbonyl (C=O) groups is 1. The van der Waals surface area contributed by atoms with Crippen molar-refractivity contribution in [2.24, 2.45) is 0 Å². The molecule has 0 unspecified atom stereocenters. The lowest BCUT2D eigenvalue weighted by Gasteiger charge is -2.45. The number of nitrogens with zero attached hydrogens (tertiary/aromatic N) is 2. The first-order valence-corrected chi connectivity index (χ1v) is 9.07. The maximum absolute atomic E-state index is 11.9. The number of thioether (sulfide) groups is 2. The second kappa shape index (κ2) is 6.03. The molecule has 0 bridgehead atoms. The summed E-state index contributed by atoms with van der Waals surface area (Å²) >= 11 is 4.14. The lowest BCUT2D eigenvalue weighted by molar-refractivity contribution is -0.132.